The van der Waals surface area contributed by atoms with E-state index in [-0.39, 0.29) is 11.4 Å². The van der Waals surface area contributed by atoms with Crippen LogP contribution in [0, 0.1) is 0 Å². The molecule has 0 radical (unpaired) electrons. The van der Waals surface area contributed by atoms with Crippen molar-refractivity contribution in [3.63, 3.8) is 0 Å². The Hall–Kier alpha value is -1.92. The first-order valence-corrected chi connectivity index (χ1v) is 9.19. The van der Waals surface area contributed by atoms with E-state index in [0.29, 0.717) is 13.0 Å². The molecule has 1 aliphatic rings. The van der Waals surface area contributed by atoms with Gasteiger partial charge in [-0.15, -0.1) is 11.3 Å². The lowest BCUT2D eigenvalue weighted by Gasteiger charge is -2.26. The molecule has 2 aromatic rings. The molecular weight excluding hydrogens is 390 g/mol. The maximum Gasteiger partial charge on any atom is 0.290 e. The van der Waals surface area contributed by atoms with Gasteiger partial charge in [0.25, 0.3) is 5.91 Å². The Bertz CT molecular complexity index is 796. The molecular formula is C18H16BrNO3S. The fourth-order valence-electron chi connectivity index (χ4n) is 2.92. The van der Waals surface area contributed by atoms with Crippen LogP contribution in [0.25, 0.3) is 0 Å². The van der Waals surface area contributed by atoms with Crippen LogP contribution in [0.3, 0.4) is 0 Å². The zero-order valence-corrected chi connectivity index (χ0v) is 15.4. The van der Waals surface area contributed by atoms with Crippen molar-refractivity contribution < 1.29 is 14.7 Å². The summed E-state index contributed by atoms with van der Waals surface area (Å²) in [7, 11) is 0. The molecule has 6 heteroatoms. The van der Waals surface area contributed by atoms with E-state index in [1.54, 1.807) is 16.2 Å². The second kappa shape index (κ2) is 6.91. The number of hydrogen-bond donors (Lipinski definition) is 1. The van der Waals surface area contributed by atoms with Crippen LogP contribution < -0.4 is 0 Å². The Morgan fingerprint density at radius 1 is 1.29 bits per heavy atom. The van der Waals surface area contributed by atoms with Crippen molar-refractivity contribution in [2.45, 2.75) is 19.4 Å². The summed E-state index contributed by atoms with van der Waals surface area (Å²) >= 11 is 5.01. The zero-order chi connectivity index (χ0) is 17.3. The molecule has 1 atom stereocenters. The Labute approximate surface area is 152 Å². The number of carbonyl (C=O) groups is 2. The number of Topliss-reactive ketones (excluding diaryl/α,β-unsaturated/α-hetero) is 1. The molecule has 1 unspecified atom stereocenters. The van der Waals surface area contributed by atoms with Gasteiger partial charge in [-0.05, 0) is 42.5 Å². The van der Waals surface area contributed by atoms with Crippen molar-refractivity contribution in [1.29, 1.82) is 0 Å². The van der Waals surface area contributed by atoms with Crippen LogP contribution in [0.2, 0.25) is 0 Å². The van der Waals surface area contributed by atoms with Crippen LogP contribution in [-0.2, 0) is 16.0 Å². The van der Waals surface area contributed by atoms with E-state index in [2.05, 4.69) is 15.9 Å². The molecule has 2 heterocycles. The Morgan fingerprint density at radius 2 is 2.00 bits per heavy atom. The van der Waals surface area contributed by atoms with Crippen LogP contribution in [0.4, 0.5) is 0 Å². The van der Waals surface area contributed by atoms with Gasteiger partial charge in [-0.1, -0.05) is 34.1 Å². The number of carbonyl (C=O) groups excluding carboxylic acids is 2. The Kier molecular flexibility index (Phi) is 4.87. The standard InChI is InChI=1S/C18H16BrNO3S/c1-11(21)15-16(12-4-6-13(19)7-5-12)20(18(23)17(15)22)9-8-14-3-2-10-24-14/h2-7,10,16,22H,8-9H2,1H3. The van der Waals surface area contributed by atoms with Crippen molar-refractivity contribution in [1.82, 2.24) is 4.90 Å². The van der Waals surface area contributed by atoms with Crippen LogP contribution in [0.5, 0.6) is 0 Å². The van der Waals surface area contributed by atoms with E-state index in [1.165, 1.54) is 6.92 Å². The van der Waals surface area contributed by atoms with Crippen LogP contribution in [0.1, 0.15) is 23.4 Å². The fraction of sp³-hybridized carbons (Fsp3) is 0.222. The summed E-state index contributed by atoms with van der Waals surface area (Å²) in [5.41, 5.74) is 0.987. The zero-order valence-electron chi connectivity index (χ0n) is 13.0. The summed E-state index contributed by atoms with van der Waals surface area (Å²) in [5.74, 6) is -1.20. The third-order valence-electron chi connectivity index (χ3n) is 4.05. The summed E-state index contributed by atoms with van der Waals surface area (Å²) in [5, 5.41) is 12.2. The molecule has 24 heavy (non-hydrogen) atoms. The second-order valence-corrected chi connectivity index (χ2v) is 7.55. The highest BCUT2D eigenvalue weighted by Crippen LogP contribution is 2.38. The third-order valence-corrected chi connectivity index (χ3v) is 5.51. The van der Waals surface area contributed by atoms with E-state index in [9.17, 15) is 14.7 Å². The number of amides is 1. The summed E-state index contributed by atoms with van der Waals surface area (Å²) in [4.78, 5) is 27.3. The molecule has 1 amide bonds. The van der Waals surface area contributed by atoms with Gasteiger partial charge in [0.15, 0.2) is 11.5 Å². The summed E-state index contributed by atoms with van der Waals surface area (Å²) in [6, 6.07) is 10.9. The number of aliphatic hydroxyl groups is 1. The minimum atomic E-state index is -0.539. The lowest BCUT2D eigenvalue weighted by Crippen LogP contribution is -2.32. The van der Waals surface area contributed by atoms with E-state index in [1.807, 2.05) is 41.8 Å². The first-order chi connectivity index (χ1) is 11.5. The average Bonchev–Trinajstić information content (AvgIpc) is 3.14. The number of rotatable bonds is 5. The summed E-state index contributed by atoms with van der Waals surface area (Å²) in [6.07, 6.45) is 0.689. The minimum Gasteiger partial charge on any atom is -0.503 e. The molecule has 124 valence electrons. The van der Waals surface area contributed by atoms with Gasteiger partial charge in [0.05, 0.1) is 11.6 Å². The van der Waals surface area contributed by atoms with Crippen LogP contribution >= 0.6 is 27.3 Å². The number of benzene rings is 1. The minimum absolute atomic E-state index is 0.175. The van der Waals surface area contributed by atoms with Gasteiger partial charge < -0.3 is 10.0 Å². The number of nitrogens with zero attached hydrogens (tertiary/aromatic N) is 1. The van der Waals surface area contributed by atoms with Crippen molar-refractivity contribution >= 4 is 39.0 Å². The first kappa shape index (κ1) is 16.9. The van der Waals surface area contributed by atoms with Gasteiger partial charge in [-0.3, -0.25) is 9.59 Å². The molecule has 3 rings (SSSR count). The normalized spacial score (nSPS) is 17.7. The number of ketones is 1. The summed E-state index contributed by atoms with van der Waals surface area (Å²) in [6.45, 7) is 1.83. The number of aliphatic hydroxyl groups excluding tert-OH is 1. The van der Waals surface area contributed by atoms with Gasteiger partial charge in [-0.2, -0.15) is 0 Å². The molecule has 0 fully saturated rings. The SMILES string of the molecule is CC(=O)C1=C(O)C(=O)N(CCc2cccs2)C1c1ccc(Br)cc1. The highest BCUT2D eigenvalue weighted by molar-refractivity contribution is 9.10. The predicted octanol–water partition coefficient (Wildman–Crippen LogP) is 4.04. The smallest absolute Gasteiger partial charge is 0.290 e. The fourth-order valence-corrected chi connectivity index (χ4v) is 3.88. The second-order valence-electron chi connectivity index (χ2n) is 5.60. The van der Waals surface area contributed by atoms with Gasteiger partial charge in [0.2, 0.25) is 0 Å². The number of hydrogen-bond acceptors (Lipinski definition) is 4. The maximum atomic E-state index is 12.5. The third kappa shape index (κ3) is 3.16. The van der Waals surface area contributed by atoms with E-state index >= 15 is 0 Å². The molecule has 1 aromatic carbocycles. The molecule has 0 aliphatic carbocycles. The van der Waals surface area contributed by atoms with Crippen molar-refractivity contribution in [3.8, 4) is 0 Å². The average molecular weight is 406 g/mol. The Balaban J connectivity index is 1.95. The number of halogens is 1. The monoisotopic (exact) mass is 405 g/mol. The molecule has 0 spiro atoms. The molecule has 0 saturated heterocycles. The van der Waals surface area contributed by atoms with Crippen molar-refractivity contribution in [2.24, 2.45) is 0 Å². The molecule has 0 saturated carbocycles. The highest BCUT2D eigenvalue weighted by atomic mass is 79.9. The summed E-state index contributed by atoms with van der Waals surface area (Å²) < 4.78 is 0.915. The lowest BCUT2D eigenvalue weighted by molar-refractivity contribution is -0.129. The van der Waals surface area contributed by atoms with Gasteiger partial charge in [-0.25, -0.2) is 0 Å². The van der Waals surface area contributed by atoms with Crippen LogP contribution in [-0.4, -0.2) is 28.2 Å². The lowest BCUT2D eigenvalue weighted by atomic mass is 9.97. The highest BCUT2D eigenvalue weighted by Gasteiger charge is 2.41. The van der Waals surface area contributed by atoms with Crippen LogP contribution in [0.15, 0.2) is 57.6 Å². The topological polar surface area (TPSA) is 57.6 Å². The largest absolute Gasteiger partial charge is 0.503 e. The molecule has 1 aliphatic heterocycles. The molecule has 4 nitrogen and oxygen atoms in total. The van der Waals surface area contributed by atoms with Crippen molar-refractivity contribution in [2.75, 3.05) is 6.54 Å². The predicted molar refractivity (Wildman–Crippen MR) is 97.0 cm³/mol. The van der Waals surface area contributed by atoms with E-state index in [0.717, 1.165) is 14.9 Å². The number of thiophene rings is 1. The van der Waals surface area contributed by atoms with E-state index < -0.39 is 17.7 Å². The van der Waals surface area contributed by atoms with E-state index in [4.69, 9.17) is 0 Å². The Morgan fingerprint density at radius 3 is 2.58 bits per heavy atom. The van der Waals surface area contributed by atoms with Gasteiger partial charge >= 0.3 is 0 Å². The molecule has 0 bridgehead atoms. The van der Waals surface area contributed by atoms with Crippen molar-refractivity contribution in [3.05, 3.63) is 68.0 Å². The maximum absolute atomic E-state index is 12.5. The van der Waals surface area contributed by atoms with Gasteiger partial charge in [0.1, 0.15) is 0 Å². The van der Waals surface area contributed by atoms with Gasteiger partial charge in [0, 0.05) is 15.9 Å². The molecule has 1 N–H and O–H groups in total. The first-order valence-electron chi connectivity index (χ1n) is 7.52. The molecule has 1 aromatic heterocycles. The quantitative estimate of drug-likeness (QED) is 0.816.